The summed E-state index contributed by atoms with van der Waals surface area (Å²) in [4.78, 5) is 38.0. The number of nitrogens with two attached hydrogens (primary N) is 1. The third-order valence-electron chi connectivity index (χ3n) is 5.48. The van der Waals surface area contributed by atoms with Crippen LogP contribution in [0.4, 0.5) is 10.2 Å². The molecule has 2 heterocycles. The summed E-state index contributed by atoms with van der Waals surface area (Å²) < 4.78 is 26.9. The molecule has 0 unspecified atom stereocenters. The standard InChI is InChI=1S/C19H20BFN2O7/c1-18(2)19(3,4)30-20(29-18)8-6-5-7-9(21)10(8)11-12(16(25)26)14(22)23-15(24)13(11)17(27)28/h5-7H,1-4H3,(H,25,26)(H,27,28)(H3,22,23,24). The second kappa shape index (κ2) is 6.96. The molecule has 0 spiro atoms. The lowest BCUT2D eigenvalue weighted by Gasteiger charge is -2.32. The first-order valence-corrected chi connectivity index (χ1v) is 8.95. The van der Waals surface area contributed by atoms with E-state index >= 15 is 4.39 Å². The molecule has 1 aromatic heterocycles. The van der Waals surface area contributed by atoms with Crippen LogP contribution in [0.25, 0.3) is 11.1 Å². The average molecular weight is 418 g/mol. The molecular weight excluding hydrogens is 398 g/mol. The van der Waals surface area contributed by atoms with Crippen LogP contribution in [-0.4, -0.2) is 45.5 Å². The summed E-state index contributed by atoms with van der Waals surface area (Å²) in [6.45, 7) is 7.07. The molecule has 0 radical (unpaired) electrons. The summed E-state index contributed by atoms with van der Waals surface area (Å²) in [6.07, 6.45) is 0. The number of benzene rings is 1. The zero-order chi connectivity index (χ0) is 22.6. The van der Waals surface area contributed by atoms with Gasteiger partial charge in [-0.3, -0.25) is 4.79 Å². The van der Waals surface area contributed by atoms with Crippen LogP contribution in [0.2, 0.25) is 0 Å². The van der Waals surface area contributed by atoms with Crippen molar-refractivity contribution in [2.24, 2.45) is 0 Å². The number of carboxylic acids is 2. The van der Waals surface area contributed by atoms with Crippen molar-refractivity contribution in [3.63, 3.8) is 0 Å². The third-order valence-corrected chi connectivity index (χ3v) is 5.48. The number of nitrogens with one attached hydrogen (secondary N) is 1. The molecule has 5 N–H and O–H groups in total. The summed E-state index contributed by atoms with van der Waals surface area (Å²) in [5.74, 6) is -4.94. The number of nitrogen functional groups attached to an aromatic ring is 1. The highest BCUT2D eigenvalue weighted by Gasteiger charge is 2.52. The molecule has 2 aromatic rings. The number of pyridine rings is 1. The molecule has 9 nitrogen and oxygen atoms in total. The summed E-state index contributed by atoms with van der Waals surface area (Å²) in [7, 11) is -1.15. The zero-order valence-electron chi connectivity index (χ0n) is 16.7. The van der Waals surface area contributed by atoms with Crippen LogP contribution >= 0.6 is 0 Å². The zero-order valence-corrected chi connectivity index (χ0v) is 16.7. The van der Waals surface area contributed by atoms with Crippen molar-refractivity contribution < 1.29 is 33.5 Å². The van der Waals surface area contributed by atoms with Gasteiger partial charge in [-0.2, -0.15) is 0 Å². The first-order chi connectivity index (χ1) is 13.8. The Kier molecular flexibility index (Phi) is 4.99. The Hall–Kier alpha value is -3.18. The number of aromatic nitrogens is 1. The molecule has 11 heteroatoms. The van der Waals surface area contributed by atoms with E-state index in [0.29, 0.717) is 0 Å². The summed E-state index contributed by atoms with van der Waals surface area (Å²) in [5, 5.41) is 19.2. The van der Waals surface area contributed by atoms with Gasteiger partial charge in [0.15, 0.2) is 0 Å². The molecule has 1 aliphatic heterocycles. The maximum Gasteiger partial charge on any atom is 0.495 e. The second-order valence-corrected chi connectivity index (χ2v) is 7.90. The number of halogens is 1. The number of hydrogen-bond donors (Lipinski definition) is 4. The molecule has 158 valence electrons. The molecule has 30 heavy (non-hydrogen) atoms. The van der Waals surface area contributed by atoms with Crippen LogP contribution in [0.5, 0.6) is 0 Å². The van der Waals surface area contributed by atoms with E-state index in [1.165, 1.54) is 12.1 Å². The SMILES string of the molecule is CC1(C)OB(c2cccc(F)c2-c2c(C(=O)O)c(N)[nH]c(=O)c2C(=O)O)OC1(C)C. The van der Waals surface area contributed by atoms with Gasteiger partial charge in [-0.15, -0.1) is 0 Å². The van der Waals surface area contributed by atoms with Crippen molar-refractivity contribution in [1.82, 2.24) is 4.98 Å². The van der Waals surface area contributed by atoms with Crippen LogP contribution in [0.15, 0.2) is 23.0 Å². The van der Waals surface area contributed by atoms with Gasteiger partial charge in [-0.1, -0.05) is 12.1 Å². The number of H-pyrrole nitrogens is 1. The Bertz CT molecular complexity index is 1110. The topological polar surface area (TPSA) is 152 Å². The van der Waals surface area contributed by atoms with Gasteiger partial charge in [0.2, 0.25) is 0 Å². The number of rotatable bonds is 4. The van der Waals surface area contributed by atoms with Crippen LogP contribution < -0.4 is 16.8 Å². The predicted molar refractivity (Wildman–Crippen MR) is 107 cm³/mol. The number of aromatic carboxylic acids is 2. The fourth-order valence-corrected chi connectivity index (χ4v) is 3.27. The Labute approximate surface area is 170 Å². The van der Waals surface area contributed by atoms with E-state index in [2.05, 4.69) is 0 Å². The minimum Gasteiger partial charge on any atom is -0.478 e. The van der Waals surface area contributed by atoms with Crippen LogP contribution in [0.3, 0.4) is 0 Å². The number of carbonyl (C=O) groups is 2. The molecule has 0 saturated carbocycles. The van der Waals surface area contributed by atoms with Gasteiger partial charge in [0, 0.05) is 11.1 Å². The highest BCUT2D eigenvalue weighted by molar-refractivity contribution is 6.64. The number of anilines is 1. The Morgan fingerprint density at radius 2 is 1.57 bits per heavy atom. The Morgan fingerprint density at radius 3 is 2.07 bits per heavy atom. The Balaban J connectivity index is 2.41. The van der Waals surface area contributed by atoms with Gasteiger partial charge in [-0.05, 0) is 39.2 Å². The lowest BCUT2D eigenvalue weighted by Crippen LogP contribution is -2.41. The molecular formula is C19H20BFN2O7. The van der Waals surface area contributed by atoms with E-state index in [9.17, 15) is 24.6 Å². The first-order valence-electron chi connectivity index (χ1n) is 8.95. The summed E-state index contributed by atoms with van der Waals surface area (Å²) in [6, 6.07) is 3.77. The van der Waals surface area contributed by atoms with Crippen molar-refractivity contribution >= 4 is 30.3 Å². The van der Waals surface area contributed by atoms with Gasteiger partial charge in [0.05, 0.1) is 11.2 Å². The lowest BCUT2D eigenvalue weighted by molar-refractivity contribution is 0.00578. The molecule has 3 rings (SSSR count). The van der Waals surface area contributed by atoms with E-state index in [4.69, 9.17) is 15.0 Å². The molecule has 1 aliphatic rings. The van der Waals surface area contributed by atoms with Gasteiger partial charge < -0.3 is 30.2 Å². The van der Waals surface area contributed by atoms with Crippen LogP contribution in [-0.2, 0) is 9.31 Å². The van der Waals surface area contributed by atoms with Gasteiger partial charge in [0.25, 0.3) is 5.56 Å². The minimum absolute atomic E-state index is 0.0312. The number of carboxylic acid groups (broad SMARTS) is 2. The minimum atomic E-state index is -1.74. The molecule has 0 atom stereocenters. The summed E-state index contributed by atoms with van der Waals surface area (Å²) >= 11 is 0. The van der Waals surface area contributed by atoms with Gasteiger partial charge in [0.1, 0.15) is 22.8 Å². The van der Waals surface area contributed by atoms with E-state index in [0.717, 1.165) is 6.07 Å². The second-order valence-electron chi connectivity index (χ2n) is 7.90. The monoisotopic (exact) mass is 418 g/mol. The highest BCUT2D eigenvalue weighted by atomic mass is 19.1. The van der Waals surface area contributed by atoms with E-state index in [1.54, 1.807) is 27.7 Å². The summed E-state index contributed by atoms with van der Waals surface area (Å²) in [5.41, 5.74) is 0.121. The van der Waals surface area contributed by atoms with Crippen molar-refractivity contribution in [1.29, 1.82) is 0 Å². The third kappa shape index (κ3) is 3.25. The maximum absolute atomic E-state index is 15.1. The molecule has 1 saturated heterocycles. The van der Waals surface area contributed by atoms with Crippen LogP contribution in [0, 0.1) is 5.82 Å². The van der Waals surface area contributed by atoms with Gasteiger partial charge >= 0.3 is 19.1 Å². The molecule has 0 bridgehead atoms. The van der Waals surface area contributed by atoms with Crippen molar-refractivity contribution in [2.75, 3.05) is 5.73 Å². The number of aromatic amines is 1. The Morgan fingerprint density at radius 1 is 1.03 bits per heavy atom. The fraction of sp³-hybridized carbons (Fsp3) is 0.316. The molecule has 1 aromatic carbocycles. The van der Waals surface area contributed by atoms with E-state index < -0.39 is 69.7 Å². The fourth-order valence-electron chi connectivity index (χ4n) is 3.27. The van der Waals surface area contributed by atoms with Crippen molar-refractivity contribution in [2.45, 2.75) is 38.9 Å². The van der Waals surface area contributed by atoms with E-state index in [1.807, 2.05) is 4.98 Å². The average Bonchev–Trinajstić information content (AvgIpc) is 2.80. The normalized spacial score (nSPS) is 17.2. The number of hydrogen-bond acceptors (Lipinski definition) is 6. The van der Waals surface area contributed by atoms with Gasteiger partial charge in [-0.25, -0.2) is 14.0 Å². The maximum atomic E-state index is 15.1. The van der Waals surface area contributed by atoms with Crippen LogP contribution in [0.1, 0.15) is 48.4 Å². The molecule has 1 fully saturated rings. The van der Waals surface area contributed by atoms with Crippen molar-refractivity contribution in [3.05, 3.63) is 45.5 Å². The van der Waals surface area contributed by atoms with Crippen molar-refractivity contribution in [3.8, 4) is 11.1 Å². The lowest BCUT2D eigenvalue weighted by atomic mass is 9.73. The quantitative estimate of drug-likeness (QED) is 0.545. The molecule has 0 aliphatic carbocycles. The highest BCUT2D eigenvalue weighted by Crippen LogP contribution is 2.38. The largest absolute Gasteiger partial charge is 0.495 e. The first kappa shape index (κ1) is 21.5. The molecule has 0 amide bonds. The van der Waals surface area contributed by atoms with E-state index in [-0.39, 0.29) is 5.46 Å². The smallest absolute Gasteiger partial charge is 0.478 e. The predicted octanol–water partition coefficient (Wildman–Crippen LogP) is 1.46.